The number of hydrogen-bond acceptors (Lipinski definition) is 5. The highest BCUT2D eigenvalue weighted by Crippen LogP contribution is 2.27. The van der Waals surface area contributed by atoms with Crippen LogP contribution >= 0.6 is 12.6 Å². The summed E-state index contributed by atoms with van der Waals surface area (Å²) in [4.78, 5) is 24.8. The van der Waals surface area contributed by atoms with E-state index in [0.29, 0.717) is 19.0 Å². The molecule has 0 bridgehead atoms. The van der Waals surface area contributed by atoms with Crippen LogP contribution in [0.3, 0.4) is 0 Å². The summed E-state index contributed by atoms with van der Waals surface area (Å²) in [5.74, 6) is -0.645. The van der Waals surface area contributed by atoms with Gasteiger partial charge in [-0.15, -0.1) is 0 Å². The van der Waals surface area contributed by atoms with Crippen molar-refractivity contribution in [1.29, 1.82) is 0 Å². The summed E-state index contributed by atoms with van der Waals surface area (Å²) >= 11 is 4.61. The van der Waals surface area contributed by atoms with E-state index in [4.69, 9.17) is 0 Å². The molecule has 1 aromatic heterocycles. The third-order valence-electron chi connectivity index (χ3n) is 5.13. The van der Waals surface area contributed by atoms with Crippen molar-refractivity contribution < 1.29 is 13.6 Å². The SMILES string of the molecule is CCCc1cnc(N2CC(S)CC2CN(Cc2cc(F)ccc2F)C(C)=O)nc1. The average molecular weight is 421 g/mol. The number of amides is 1. The molecule has 1 saturated heterocycles. The summed E-state index contributed by atoms with van der Waals surface area (Å²) in [5.41, 5.74) is 1.24. The van der Waals surface area contributed by atoms with Crippen LogP contribution in [0.25, 0.3) is 0 Å². The Balaban J connectivity index is 1.76. The molecule has 1 aliphatic heterocycles. The molecule has 0 saturated carbocycles. The molecule has 0 spiro atoms. The van der Waals surface area contributed by atoms with Crippen LogP contribution in [0.1, 0.15) is 37.8 Å². The van der Waals surface area contributed by atoms with E-state index in [1.54, 1.807) is 0 Å². The molecule has 2 unspecified atom stereocenters. The Morgan fingerprint density at radius 3 is 2.69 bits per heavy atom. The summed E-state index contributed by atoms with van der Waals surface area (Å²) in [6, 6.07) is 3.24. The lowest BCUT2D eigenvalue weighted by Crippen LogP contribution is -2.42. The van der Waals surface area contributed by atoms with E-state index in [2.05, 4.69) is 29.5 Å². The Morgan fingerprint density at radius 2 is 2.03 bits per heavy atom. The molecule has 1 aromatic carbocycles. The molecule has 8 heteroatoms. The number of halogens is 2. The van der Waals surface area contributed by atoms with Crippen LogP contribution in [0, 0.1) is 11.6 Å². The van der Waals surface area contributed by atoms with Crippen molar-refractivity contribution in [2.24, 2.45) is 0 Å². The largest absolute Gasteiger partial charge is 0.336 e. The maximum Gasteiger partial charge on any atom is 0.225 e. The molecule has 1 aliphatic rings. The van der Waals surface area contributed by atoms with E-state index >= 15 is 0 Å². The molecule has 2 aromatic rings. The lowest BCUT2D eigenvalue weighted by Gasteiger charge is -2.30. The molecule has 0 radical (unpaired) electrons. The normalized spacial score (nSPS) is 18.9. The van der Waals surface area contributed by atoms with Crippen LogP contribution in [0.4, 0.5) is 14.7 Å². The van der Waals surface area contributed by atoms with Gasteiger partial charge in [-0.3, -0.25) is 4.79 Å². The van der Waals surface area contributed by atoms with Gasteiger partial charge >= 0.3 is 0 Å². The highest BCUT2D eigenvalue weighted by molar-refractivity contribution is 7.81. The first-order chi connectivity index (χ1) is 13.9. The summed E-state index contributed by atoms with van der Waals surface area (Å²) < 4.78 is 27.6. The van der Waals surface area contributed by atoms with Crippen LogP contribution in [-0.4, -0.2) is 45.2 Å². The molecule has 1 amide bonds. The van der Waals surface area contributed by atoms with Crippen LogP contribution in [0.15, 0.2) is 30.6 Å². The fourth-order valence-corrected chi connectivity index (χ4v) is 4.07. The molecular formula is C21H26F2N4OS. The fourth-order valence-electron chi connectivity index (χ4n) is 3.65. The summed E-state index contributed by atoms with van der Waals surface area (Å²) in [6.45, 7) is 4.58. The van der Waals surface area contributed by atoms with Crippen molar-refractivity contribution in [2.75, 3.05) is 18.0 Å². The average Bonchev–Trinajstić information content (AvgIpc) is 3.05. The third-order valence-corrected chi connectivity index (χ3v) is 5.50. The number of anilines is 1. The van der Waals surface area contributed by atoms with Gasteiger partial charge in [-0.05, 0) is 36.6 Å². The summed E-state index contributed by atoms with van der Waals surface area (Å²) in [6.07, 6.45) is 6.37. The van der Waals surface area contributed by atoms with E-state index in [1.807, 2.05) is 17.3 Å². The maximum atomic E-state index is 14.1. The molecule has 0 aliphatic carbocycles. The van der Waals surface area contributed by atoms with E-state index in [1.165, 1.54) is 11.8 Å². The Labute approximate surface area is 175 Å². The van der Waals surface area contributed by atoms with Gasteiger partial charge in [0.25, 0.3) is 0 Å². The van der Waals surface area contributed by atoms with Crippen molar-refractivity contribution in [3.8, 4) is 0 Å². The number of hydrogen-bond donors (Lipinski definition) is 1. The second kappa shape index (κ2) is 9.52. The summed E-state index contributed by atoms with van der Waals surface area (Å²) in [7, 11) is 0. The van der Waals surface area contributed by atoms with Crippen molar-refractivity contribution in [3.63, 3.8) is 0 Å². The summed E-state index contributed by atoms with van der Waals surface area (Å²) in [5, 5.41) is 0.124. The van der Waals surface area contributed by atoms with E-state index in [-0.39, 0.29) is 29.3 Å². The van der Waals surface area contributed by atoms with Crippen molar-refractivity contribution in [3.05, 3.63) is 53.4 Å². The maximum absolute atomic E-state index is 14.1. The molecule has 2 heterocycles. The predicted octanol–water partition coefficient (Wildman–Crippen LogP) is 3.63. The number of benzene rings is 1. The lowest BCUT2D eigenvalue weighted by molar-refractivity contribution is -0.129. The van der Waals surface area contributed by atoms with Crippen LogP contribution < -0.4 is 4.90 Å². The molecule has 29 heavy (non-hydrogen) atoms. The zero-order valence-corrected chi connectivity index (χ0v) is 17.6. The van der Waals surface area contributed by atoms with Crippen molar-refractivity contribution >= 4 is 24.5 Å². The topological polar surface area (TPSA) is 49.3 Å². The van der Waals surface area contributed by atoms with Crippen LogP contribution in [0.2, 0.25) is 0 Å². The van der Waals surface area contributed by atoms with Gasteiger partial charge in [0.15, 0.2) is 0 Å². The van der Waals surface area contributed by atoms with Crippen molar-refractivity contribution in [2.45, 2.75) is 50.9 Å². The monoisotopic (exact) mass is 420 g/mol. The number of nitrogens with zero attached hydrogens (tertiary/aromatic N) is 4. The lowest BCUT2D eigenvalue weighted by atomic mass is 10.1. The number of carbonyl (C=O) groups is 1. The van der Waals surface area contributed by atoms with Gasteiger partial charge in [0.1, 0.15) is 11.6 Å². The van der Waals surface area contributed by atoms with Crippen LogP contribution in [-0.2, 0) is 17.8 Å². The molecule has 0 N–H and O–H groups in total. The number of thiol groups is 1. The Morgan fingerprint density at radius 1 is 1.31 bits per heavy atom. The third kappa shape index (κ3) is 5.44. The van der Waals surface area contributed by atoms with Gasteiger partial charge in [0.2, 0.25) is 11.9 Å². The standard InChI is InChI=1S/C21H26F2N4OS/c1-3-4-15-9-24-21(25-10-15)27-13-19(29)8-18(27)12-26(14(2)28)11-16-7-17(22)5-6-20(16)23/h5-7,9-10,18-19,29H,3-4,8,11-13H2,1-2H3. The van der Waals surface area contributed by atoms with Crippen LogP contribution in [0.5, 0.6) is 0 Å². The zero-order chi connectivity index (χ0) is 21.0. The highest BCUT2D eigenvalue weighted by atomic mass is 32.1. The zero-order valence-electron chi connectivity index (χ0n) is 16.7. The van der Waals surface area contributed by atoms with E-state index in [0.717, 1.165) is 43.0 Å². The Kier molecular flexibility index (Phi) is 7.05. The minimum Gasteiger partial charge on any atom is -0.336 e. The second-order valence-corrected chi connectivity index (χ2v) is 8.20. The molecule has 5 nitrogen and oxygen atoms in total. The molecular weight excluding hydrogens is 394 g/mol. The first-order valence-electron chi connectivity index (χ1n) is 9.82. The smallest absolute Gasteiger partial charge is 0.225 e. The Hall–Kier alpha value is -2.22. The van der Waals surface area contributed by atoms with Gasteiger partial charge in [0.05, 0.1) is 6.04 Å². The predicted molar refractivity (Wildman–Crippen MR) is 112 cm³/mol. The number of aromatic nitrogens is 2. The van der Waals surface area contributed by atoms with Gasteiger partial charge in [0, 0.05) is 49.8 Å². The van der Waals surface area contributed by atoms with Gasteiger partial charge in [-0.1, -0.05) is 13.3 Å². The van der Waals surface area contributed by atoms with Crippen molar-refractivity contribution in [1.82, 2.24) is 14.9 Å². The first-order valence-corrected chi connectivity index (χ1v) is 10.3. The van der Waals surface area contributed by atoms with E-state index in [9.17, 15) is 13.6 Å². The van der Waals surface area contributed by atoms with Gasteiger partial charge in [-0.2, -0.15) is 12.6 Å². The number of rotatable bonds is 7. The number of carbonyl (C=O) groups excluding carboxylic acids is 1. The minimum atomic E-state index is -0.525. The van der Waals surface area contributed by atoms with Gasteiger partial charge in [-0.25, -0.2) is 18.7 Å². The fraction of sp³-hybridized carbons (Fsp3) is 0.476. The minimum absolute atomic E-state index is 0.0107. The van der Waals surface area contributed by atoms with Gasteiger partial charge < -0.3 is 9.80 Å². The molecule has 2 atom stereocenters. The first kappa shape index (κ1) is 21.5. The molecule has 3 rings (SSSR count). The molecule has 156 valence electrons. The highest BCUT2D eigenvalue weighted by Gasteiger charge is 2.34. The van der Waals surface area contributed by atoms with E-state index < -0.39 is 11.6 Å². The molecule has 1 fully saturated rings. The Bertz CT molecular complexity index is 849. The second-order valence-electron chi connectivity index (χ2n) is 7.47. The quantitative estimate of drug-likeness (QED) is 0.695. The number of aryl methyl sites for hydroxylation is 1.